The van der Waals surface area contributed by atoms with Crippen molar-refractivity contribution >= 4 is 108 Å². The minimum Gasteiger partial charge on any atom is -0.256 e. The Morgan fingerprint density at radius 3 is 1.21 bits per heavy atom. The molecule has 0 aliphatic carbocycles. The number of hydrogen-bond acceptors (Lipinski definition) is 6. The SMILES string of the molecule is c1ccc2c(-c3ccc(-c4nc(-c5cc6ccccc6c6ccccc56)nc(-c5cc6ccccc6c6ccccc56)n4)cc3)nccc2c1.c1ccc2cc(-c3c4ccccc4c(-c4ccc(-c5ccc6ccc7cccnc7c6n5)cc4)c4ccccc34)ccc2c1. The van der Waals surface area contributed by atoms with Gasteiger partial charge in [0.15, 0.2) is 17.5 Å². The molecule has 0 atom stereocenters. The Kier molecular flexibility index (Phi) is 13.1. The Labute approximate surface area is 541 Å². The van der Waals surface area contributed by atoms with Crippen LogP contribution in [0.25, 0.3) is 187 Å². The van der Waals surface area contributed by atoms with E-state index in [1.165, 1.54) is 81.5 Å². The summed E-state index contributed by atoms with van der Waals surface area (Å²) < 4.78 is 0. The Morgan fingerprint density at radius 1 is 0.191 bits per heavy atom. The number of nitrogens with zero attached hydrogens (tertiary/aromatic N) is 6. The molecule has 0 saturated heterocycles. The molecular formula is C88H54N6. The summed E-state index contributed by atoms with van der Waals surface area (Å²) in [6.45, 7) is 0. The molecule has 0 unspecified atom stereocenters. The highest BCUT2D eigenvalue weighted by Crippen LogP contribution is 2.45. The van der Waals surface area contributed by atoms with E-state index >= 15 is 0 Å². The van der Waals surface area contributed by atoms with E-state index in [0.29, 0.717) is 17.5 Å². The third kappa shape index (κ3) is 9.43. The lowest BCUT2D eigenvalue weighted by Gasteiger charge is -2.18. The van der Waals surface area contributed by atoms with Gasteiger partial charge in [-0.1, -0.05) is 279 Å². The van der Waals surface area contributed by atoms with Crippen LogP contribution in [-0.2, 0) is 0 Å². The normalized spacial score (nSPS) is 11.6. The third-order valence-electron chi connectivity index (χ3n) is 18.6. The highest BCUT2D eigenvalue weighted by molar-refractivity contribution is 6.22. The lowest BCUT2D eigenvalue weighted by atomic mass is 9.85. The molecule has 0 spiro atoms. The van der Waals surface area contributed by atoms with Gasteiger partial charge in [0, 0.05) is 56.4 Å². The number of pyridine rings is 3. The van der Waals surface area contributed by atoms with Crippen LogP contribution < -0.4 is 0 Å². The lowest BCUT2D eigenvalue weighted by molar-refractivity contribution is 1.08. The van der Waals surface area contributed by atoms with E-state index in [4.69, 9.17) is 24.9 Å². The third-order valence-corrected chi connectivity index (χ3v) is 18.6. The summed E-state index contributed by atoms with van der Waals surface area (Å²) in [6, 6.07) is 112. The maximum atomic E-state index is 5.28. The summed E-state index contributed by atoms with van der Waals surface area (Å²) in [5, 5.41) is 21.3. The van der Waals surface area contributed by atoms with E-state index in [1.54, 1.807) is 0 Å². The summed E-state index contributed by atoms with van der Waals surface area (Å²) in [7, 11) is 0. The summed E-state index contributed by atoms with van der Waals surface area (Å²) >= 11 is 0. The molecule has 436 valence electrons. The molecular weight excluding hydrogens is 1140 g/mol. The quantitative estimate of drug-likeness (QED) is 0.117. The molecule has 0 aliphatic heterocycles. The maximum Gasteiger partial charge on any atom is 0.164 e. The van der Waals surface area contributed by atoms with Gasteiger partial charge in [-0.15, -0.1) is 0 Å². The summed E-state index contributed by atoms with van der Waals surface area (Å²) in [6.07, 6.45) is 3.71. The van der Waals surface area contributed by atoms with Gasteiger partial charge in [0.1, 0.15) is 0 Å². The summed E-state index contributed by atoms with van der Waals surface area (Å²) in [4.78, 5) is 30.2. The molecule has 0 fully saturated rings. The standard InChI is InChI=1S/C46H28N4.C42H26N2/c1-6-16-36-29(11-1)25-26-47-43(36)30-21-23-31(24-22-30)44-48-45(41-27-32-12-2-4-14-34(32)37-17-7-9-19-39(37)41)50-46(49-44)42-28-33-13-3-5-15-35(33)38-18-8-10-20-40(38)42;1-2-9-32-26-33(22-15-27(32)8-1)40-36-13-5-3-11-34(36)39(35-12-4-6-14-37(35)40)29-18-16-28(17-19-29)38-24-23-31-21-20-30-10-7-25-43-41(30)42(31)44-38/h1-28H;1-26H. The summed E-state index contributed by atoms with van der Waals surface area (Å²) in [5.74, 6) is 1.91. The number of benzene rings is 15. The molecule has 6 heteroatoms. The number of aromatic nitrogens is 6. The zero-order valence-corrected chi connectivity index (χ0v) is 50.9. The van der Waals surface area contributed by atoms with E-state index in [1.807, 2.05) is 24.5 Å². The van der Waals surface area contributed by atoms with Crippen molar-refractivity contribution < 1.29 is 0 Å². The molecule has 19 aromatic rings. The van der Waals surface area contributed by atoms with Crippen molar-refractivity contribution in [3.05, 3.63) is 328 Å². The van der Waals surface area contributed by atoms with Crippen molar-refractivity contribution in [3.63, 3.8) is 0 Å². The lowest BCUT2D eigenvalue weighted by Crippen LogP contribution is -2.01. The van der Waals surface area contributed by atoms with Crippen LogP contribution in [0.3, 0.4) is 0 Å². The van der Waals surface area contributed by atoms with Gasteiger partial charge < -0.3 is 0 Å². The highest BCUT2D eigenvalue weighted by Gasteiger charge is 2.21. The van der Waals surface area contributed by atoms with E-state index in [2.05, 4.69) is 308 Å². The second-order valence-electron chi connectivity index (χ2n) is 24.0. The monoisotopic (exact) mass is 1190 g/mol. The van der Waals surface area contributed by atoms with Gasteiger partial charge in [-0.2, -0.15) is 0 Å². The largest absolute Gasteiger partial charge is 0.256 e. The first-order valence-corrected chi connectivity index (χ1v) is 31.8. The minimum atomic E-state index is 0.622. The fourth-order valence-electron chi connectivity index (χ4n) is 14.1. The van der Waals surface area contributed by atoms with Crippen molar-refractivity contribution in [2.45, 2.75) is 0 Å². The predicted molar refractivity (Wildman–Crippen MR) is 393 cm³/mol. The van der Waals surface area contributed by atoms with E-state index < -0.39 is 0 Å². The van der Waals surface area contributed by atoms with Gasteiger partial charge >= 0.3 is 0 Å². The molecule has 19 rings (SSSR count). The zero-order chi connectivity index (χ0) is 62.1. The van der Waals surface area contributed by atoms with Crippen LogP contribution in [0.2, 0.25) is 0 Å². The number of rotatable bonds is 7. The minimum absolute atomic E-state index is 0.622. The average Bonchev–Trinajstić information content (AvgIpc) is 0.748. The Balaban J connectivity index is 0.000000139. The Morgan fingerprint density at radius 2 is 0.606 bits per heavy atom. The predicted octanol–water partition coefficient (Wildman–Crippen LogP) is 22.9. The van der Waals surface area contributed by atoms with Crippen molar-refractivity contribution in [1.29, 1.82) is 0 Å². The van der Waals surface area contributed by atoms with Gasteiger partial charge in [0.25, 0.3) is 0 Å². The molecule has 0 saturated carbocycles. The Bertz CT molecular complexity index is 6040. The van der Waals surface area contributed by atoms with Crippen molar-refractivity contribution in [2.24, 2.45) is 0 Å². The molecule has 0 radical (unpaired) electrons. The average molecular weight is 1200 g/mol. The van der Waals surface area contributed by atoms with E-state index in [0.717, 1.165) is 87.9 Å². The van der Waals surface area contributed by atoms with Gasteiger partial charge in [-0.3, -0.25) is 9.97 Å². The van der Waals surface area contributed by atoms with Crippen molar-refractivity contribution in [3.8, 4) is 78.9 Å². The van der Waals surface area contributed by atoms with Crippen molar-refractivity contribution in [1.82, 2.24) is 29.9 Å². The van der Waals surface area contributed by atoms with Crippen LogP contribution in [0.4, 0.5) is 0 Å². The van der Waals surface area contributed by atoms with Crippen LogP contribution in [0.15, 0.2) is 328 Å². The van der Waals surface area contributed by atoms with E-state index in [9.17, 15) is 0 Å². The van der Waals surface area contributed by atoms with Gasteiger partial charge in [0.05, 0.1) is 22.4 Å². The second kappa shape index (κ2) is 22.7. The second-order valence-corrected chi connectivity index (χ2v) is 24.0. The molecule has 4 heterocycles. The van der Waals surface area contributed by atoms with E-state index in [-0.39, 0.29) is 0 Å². The number of hydrogen-bond donors (Lipinski definition) is 0. The van der Waals surface area contributed by atoms with Gasteiger partial charge in [0.2, 0.25) is 0 Å². The molecule has 0 bridgehead atoms. The molecule has 0 amide bonds. The molecule has 6 nitrogen and oxygen atoms in total. The smallest absolute Gasteiger partial charge is 0.164 e. The number of fused-ring (bicyclic) bond motifs is 13. The molecule has 0 aliphatic rings. The Hall–Kier alpha value is -12.6. The highest BCUT2D eigenvalue weighted by atomic mass is 15.0. The first-order chi connectivity index (χ1) is 46.6. The first-order valence-electron chi connectivity index (χ1n) is 31.8. The topological polar surface area (TPSA) is 77.3 Å². The van der Waals surface area contributed by atoms with Crippen LogP contribution in [0.1, 0.15) is 0 Å². The van der Waals surface area contributed by atoms with Gasteiger partial charge in [-0.05, 0) is 139 Å². The summed E-state index contributed by atoms with van der Waals surface area (Å²) in [5.41, 5.74) is 13.7. The van der Waals surface area contributed by atoms with Crippen LogP contribution in [-0.4, -0.2) is 29.9 Å². The van der Waals surface area contributed by atoms with Crippen molar-refractivity contribution in [2.75, 3.05) is 0 Å². The fourth-order valence-corrected chi connectivity index (χ4v) is 14.1. The molecule has 4 aromatic heterocycles. The molecule has 94 heavy (non-hydrogen) atoms. The first kappa shape index (κ1) is 54.3. The van der Waals surface area contributed by atoms with Crippen LogP contribution in [0, 0.1) is 0 Å². The zero-order valence-electron chi connectivity index (χ0n) is 50.9. The maximum absolute atomic E-state index is 5.28. The molecule has 0 N–H and O–H groups in total. The van der Waals surface area contributed by atoms with Gasteiger partial charge in [-0.25, -0.2) is 19.9 Å². The fraction of sp³-hybridized carbons (Fsp3) is 0. The van der Waals surface area contributed by atoms with Crippen LogP contribution >= 0.6 is 0 Å². The molecule has 15 aromatic carbocycles. The van der Waals surface area contributed by atoms with Crippen LogP contribution in [0.5, 0.6) is 0 Å².